The fourth-order valence-electron chi connectivity index (χ4n) is 4.07. The third kappa shape index (κ3) is 6.06. The van der Waals surface area contributed by atoms with Crippen LogP contribution >= 0.6 is 11.3 Å². The number of hydrogen-bond acceptors (Lipinski definition) is 6. The van der Waals surface area contributed by atoms with Crippen LogP contribution in [0.25, 0.3) is 0 Å². The highest BCUT2D eigenvalue weighted by atomic mass is 32.1. The van der Waals surface area contributed by atoms with Crippen LogP contribution in [0.4, 0.5) is 0 Å². The van der Waals surface area contributed by atoms with Gasteiger partial charge in [0.05, 0.1) is 19.2 Å². The molecule has 7 nitrogen and oxygen atoms in total. The van der Waals surface area contributed by atoms with Gasteiger partial charge in [-0.05, 0) is 42.0 Å². The Kier molecular flexibility index (Phi) is 7.24. The van der Waals surface area contributed by atoms with E-state index in [4.69, 9.17) is 14.2 Å². The second-order valence-corrected chi connectivity index (χ2v) is 10.6. The minimum Gasteiger partial charge on any atom is -0.454 e. The van der Waals surface area contributed by atoms with Gasteiger partial charge in [-0.3, -0.25) is 9.59 Å². The van der Waals surface area contributed by atoms with Crippen molar-refractivity contribution in [2.75, 3.05) is 26.5 Å². The van der Waals surface area contributed by atoms with E-state index in [0.29, 0.717) is 37.7 Å². The fraction of sp³-hybridized carbons (Fsp3) is 0.520. The summed E-state index contributed by atoms with van der Waals surface area (Å²) in [5.41, 5.74) is 0.381. The van der Waals surface area contributed by atoms with Gasteiger partial charge in [0.15, 0.2) is 11.5 Å². The normalized spacial score (nSPS) is 17.2. The SMILES string of the molecule is CC(C)(C)C(=O)N(CC(=O)N(Cc1ccc2c(c1)OCO2)Cc1cccs1)CC1CCCO1. The first kappa shape index (κ1) is 23.6. The van der Waals surface area contributed by atoms with E-state index >= 15 is 0 Å². The number of carbonyl (C=O) groups excluding carboxylic acids is 2. The van der Waals surface area contributed by atoms with E-state index in [1.165, 1.54) is 0 Å². The molecule has 1 aromatic carbocycles. The Morgan fingerprint density at radius 2 is 1.91 bits per heavy atom. The molecule has 0 aliphatic carbocycles. The summed E-state index contributed by atoms with van der Waals surface area (Å²) in [6.07, 6.45) is 1.90. The summed E-state index contributed by atoms with van der Waals surface area (Å²) in [6, 6.07) is 9.75. The monoisotopic (exact) mass is 472 g/mol. The molecule has 1 unspecified atom stereocenters. The van der Waals surface area contributed by atoms with Gasteiger partial charge in [-0.2, -0.15) is 0 Å². The molecule has 0 saturated carbocycles. The fourth-order valence-corrected chi connectivity index (χ4v) is 4.79. The second kappa shape index (κ2) is 10.1. The Bertz CT molecular complexity index is 964. The molecule has 0 spiro atoms. The molecule has 0 N–H and O–H groups in total. The van der Waals surface area contributed by atoms with Gasteiger partial charge in [0.1, 0.15) is 0 Å². The molecule has 1 saturated heterocycles. The first-order valence-electron chi connectivity index (χ1n) is 11.4. The van der Waals surface area contributed by atoms with Crippen molar-refractivity contribution in [3.8, 4) is 11.5 Å². The quantitative estimate of drug-likeness (QED) is 0.580. The Balaban J connectivity index is 1.52. The van der Waals surface area contributed by atoms with Crippen molar-refractivity contribution in [1.29, 1.82) is 0 Å². The molecule has 1 atom stereocenters. The van der Waals surface area contributed by atoms with Crippen LogP contribution in [0.2, 0.25) is 0 Å². The highest BCUT2D eigenvalue weighted by molar-refractivity contribution is 7.09. The molecule has 4 rings (SSSR count). The zero-order chi connectivity index (χ0) is 23.4. The van der Waals surface area contributed by atoms with E-state index in [-0.39, 0.29) is 31.3 Å². The smallest absolute Gasteiger partial charge is 0.242 e. The maximum Gasteiger partial charge on any atom is 0.242 e. The molecule has 2 aliphatic heterocycles. The van der Waals surface area contributed by atoms with Gasteiger partial charge < -0.3 is 24.0 Å². The molecule has 2 aliphatic rings. The van der Waals surface area contributed by atoms with E-state index in [1.807, 2.05) is 61.4 Å². The molecule has 178 valence electrons. The average Bonchev–Trinajstić information content (AvgIpc) is 3.54. The summed E-state index contributed by atoms with van der Waals surface area (Å²) in [6.45, 7) is 7.97. The third-order valence-electron chi connectivity index (χ3n) is 5.79. The molecule has 3 heterocycles. The molecule has 0 radical (unpaired) electrons. The minimum atomic E-state index is -0.575. The van der Waals surface area contributed by atoms with Gasteiger partial charge in [0.2, 0.25) is 18.6 Å². The van der Waals surface area contributed by atoms with Crippen LogP contribution in [-0.2, 0) is 27.4 Å². The molecular weight excluding hydrogens is 440 g/mol. The Hall–Kier alpha value is -2.58. The molecule has 2 amide bonds. The summed E-state index contributed by atoms with van der Waals surface area (Å²) >= 11 is 1.62. The number of fused-ring (bicyclic) bond motifs is 1. The minimum absolute atomic E-state index is 0.0105. The van der Waals surface area contributed by atoms with E-state index < -0.39 is 5.41 Å². The number of carbonyl (C=O) groups is 2. The molecule has 1 fully saturated rings. The topological polar surface area (TPSA) is 68.3 Å². The lowest BCUT2D eigenvalue weighted by Gasteiger charge is -2.33. The van der Waals surface area contributed by atoms with Gasteiger partial charge in [0, 0.05) is 30.0 Å². The van der Waals surface area contributed by atoms with Crippen molar-refractivity contribution in [3.63, 3.8) is 0 Å². The highest BCUT2D eigenvalue weighted by Crippen LogP contribution is 2.33. The van der Waals surface area contributed by atoms with Gasteiger partial charge >= 0.3 is 0 Å². The van der Waals surface area contributed by atoms with Crippen molar-refractivity contribution in [3.05, 3.63) is 46.2 Å². The van der Waals surface area contributed by atoms with Crippen LogP contribution in [0.15, 0.2) is 35.7 Å². The van der Waals surface area contributed by atoms with Crippen LogP contribution < -0.4 is 9.47 Å². The van der Waals surface area contributed by atoms with Crippen LogP contribution in [0.1, 0.15) is 44.1 Å². The van der Waals surface area contributed by atoms with Crippen molar-refractivity contribution in [2.45, 2.75) is 52.8 Å². The molecule has 33 heavy (non-hydrogen) atoms. The van der Waals surface area contributed by atoms with Gasteiger partial charge in [-0.1, -0.05) is 32.9 Å². The van der Waals surface area contributed by atoms with Crippen molar-refractivity contribution >= 4 is 23.2 Å². The summed E-state index contributed by atoms with van der Waals surface area (Å²) in [7, 11) is 0. The van der Waals surface area contributed by atoms with Gasteiger partial charge in [0.25, 0.3) is 0 Å². The maximum absolute atomic E-state index is 13.6. The Morgan fingerprint density at radius 1 is 1.09 bits per heavy atom. The van der Waals surface area contributed by atoms with E-state index in [9.17, 15) is 9.59 Å². The number of rotatable bonds is 8. The number of benzene rings is 1. The first-order chi connectivity index (χ1) is 15.8. The number of nitrogens with zero attached hydrogens (tertiary/aromatic N) is 2. The van der Waals surface area contributed by atoms with Gasteiger partial charge in [-0.25, -0.2) is 0 Å². The lowest BCUT2D eigenvalue weighted by atomic mass is 9.94. The molecule has 2 aromatic rings. The van der Waals surface area contributed by atoms with Gasteiger partial charge in [-0.15, -0.1) is 11.3 Å². The molecular formula is C25H32N2O5S. The summed E-state index contributed by atoms with van der Waals surface area (Å²) in [5, 5.41) is 2.01. The van der Waals surface area contributed by atoms with Crippen LogP contribution in [-0.4, -0.2) is 54.2 Å². The summed E-state index contributed by atoms with van der Waals surface area (Å²) < 4.78 is 16.7. The predicted molar refractivity (Wildman–Crippen MR) is 126 cm³/mol. The second-order valence-electron chi connectivity index (χ2n) is 9.59. The zero-order valence-corrected chi connectivity index (χ0v) is 20.4. The predicted octanol–water partition coefficient (Wildman–Crippen LogP) is 4.06. The lowest BCUT2D eigenvalue weighted by molar-refractivity contribution is -0.147. The average molecular weight is 473 g/mol. The molecule has 8 heteroatoms. The van der Waals surface area contributed by atoms with Crippen LogP contribution in [0.5, 0.6) is 11.5 Å². The summed E-state index contributed by atoms with van der Waals surface area (Å²) in [5.74, 6) is 1.29. The largest absolute Gasteiger partial charge is 0.454 e. The maximum atomic E-state index is 13.6. The third-order valence-corrected chi connectivity index (χ3v) is 6.65. The standard InChI is InChI=1S/C25H32N2O5S/c1-25(2,3)24(29)27(14-19-6-4-10-30-19)16-23(28)26(15-20-7-5-11-33-20)13-18-8-9-21-22(12-18)32-17-31-21/h5,7-9,11-12,19H,4,6,10,13-17H2,1-3H3. The first-order valence-corrected chi connectivity index (χ1v) is 12.3. The summed E-state index contributed by atoms with van der Waals surface area (Å²) in [4.78, 5) is 31.3. The van der Waals surface area contributed by atoms with Crippen molar-refractivity contribution < 1.29 is 23.8 Å². The van der Waals surface area contributed by atoms with Crippen molar-refractivity contribution in [2.24, 2.45) is 5.41 Å². The molecule has 1 aromatic heterocycles. The van der Waals surface area contributed by atoms with Crippen LogP contribution in [0, 0.1) is 5.41 Å². The Labute approximate surface area is 199 Å². The number of hydrogen-bond donors (Lipinski definition) is 0. The zero-order valence-electron chi connectivity index (χ0n) is 19.5. The number of amides is 2. The van der Waals surface area contributed by atoms with E-state index in [0.717, 1.165) is 23.3 Å². The molecule has 0 bridgehead atoms. The van der Waals surface area contributed by atoms with Crippen molar-refractivity contribution in [1.82, 2.24) is 9.80 Å². The number of thiophene rings is 1. The van der Waals surface area contributed by atoms with E-state index in [1.54, 1.807) is 16.2 Å². The van der Waals surface area contributed by atoms with Crippen LogP contribution in [0.3, 0.4) is 0 Å². The van der Waals surface area contributed by atoms with E-state index in [2.05, 4.69) is 0 Å². The highest BCUT2D eigenvalue weighted by Gasteiger charge is 2.32. The Morgan fingerprint density at radius 3 is 2.61 bits per heavy atom. The lowest BCUT2D eigenvalue weighted by Crippen LogP contribution is -2.48. The number of ether oxygens (including phenoxy) is 3.